The monoisotopic (exact) mass is 339 g/mol. The summed E-state index contributed by atoms with van der Waals surface area (Å²) in [7, 11) is 3.35. The van der Waals surface area contributed by atoms with Crippen molar-refractivity contribution in [3.8, 4) is 11.5 Å². The van der Waals surface area contributed by atoms with Crippen LogP contribution in [0.5, 0.6) is 11.5 Å². The van der Waals surface area contributed by atoms with Crippen molar-refractivity contribution in [2.75, 3.05) is 27.3 Å². The first-order valence-electron chi connectivity index (χ1n) is 7.11. The largest absolute Gasteiger partial charge is 0.497 e. The van der Waals surface area contributed by atoms with Crippen molar-refractivity contribution >= 4 is 23.1 Å². The van der Waals surface area contributed by atoms with Gasteiger partial charge in [0.25, 0.3) is 0 Å². The molecule has 0 bridgehead atoms. The van der Waals surface area contributed by atoms with Crippen molar-refractivity contribution in [2.45, 2.75) is 18.9 Å². The van der Waals surface area contributed by atoms with Crippen LogP contribution in [-0.4, -0.2) is 41.8 Å². The smallest absolute Gasteiger partial charge is 0.138 e. The fourth-order valence-corrected chi connectivity index (χ4v) is 3.43. The van der Waals surface area contributed by atoms with Gasteiger partial charge in [0.2, 0.25) is 0 Å². The molecule has 5 nitrogen and oxygen atoms in total. The molecule has 1 aliphatic heterocycles. The number of methoxy groups -OCH3 is 2. The molecule has 7 heteroatoms. The van der Waals surface area contributed by atoms with Crippen molar-refractivity contribution in [3.63, 3.8) is 0 Å². The van der Waals surface area contributed by atoms with Gasteiger partial charge in [-0.05, 0) is 36.6 Å². The van der Waals surface area contributed by atoms with E-state index in [9.17, 15) is 0 Å². The lowest BCUT2D eigenvalue weighted by Gasteiger charge is -2.16. The van der Waals surface area contributed by atoms with Gasteiger partial charge in [-0.1, -0.05) is 16.1 Å². The molecule has 0 amide bonds. The number of nitrogens with zero attached hydrogens (tertiary/aromatic N) is 3. The Morgan fingerprint density at radius 1 is 1.27 bits per heavy atom. The van der Waals surface area contributed by atoms with Gasteiger partial charge < -0.3 is 9.47 Å². The summed E-state index contributed by atoms with van der Waals surface area (Å²) in [5.41, 5.74) is 2.12. The van der Waals surface area contributed by atoms with Gasteiger partial charge in [-0.15, -0.1) is 5.10 Å². The minimum atomic E-state index is 0.467. The molecule has 1 aliphatic rings. The maximum atomic E-state index is 6.08. The van der Waals surface area contributed by atoms with Gasteiger partial charge in [-0.3, -0.25) is 4.90 Å². The third kappa shape index (κ3) is 3.34. The van der Waals surface area contributed by atoms with Crippen LogP contribution in [0.4, 0.5) is 0 Å². The molecular formula is C15H18ClN3O2S. The van der Waals surface area contributed by atoms with E-state index in [1.165, 1.54) is 17.1 Å². The summed E-state index contributed by atoms with van der Waals surface area (Å²) in [4.78, 5) is 2.36. The molecule has 0 saturated carbocycles. The topological polar surface area (TPSA) is 47.5 Å². The number of halogens is 1. The van der Waals surface area contributed by atoms with Crippen LogP contribution in [0.3, 0.4) is 0 Å². The van der Waals surface area contributed by atoms with E-state index >= 15 is 0 Å². The average Bonchev–Trinajstić information content (AvgIpc) is 3.17. The number of aromatic nitrogens is 2. The van der Waals surface area contributed by atoms with E-state index in [2.05, 4.69) is 26.6 Å². The van der Waals surface area contributed by atoms with E-state index in [0.717, 1.165) is 43.2 Å². The highest BCUT2D eigenvalue weighted by Gasteiger charge is 2.26. The van der Waals surface area contributed by atoms with Gasteiger partial charge in [0, 0.05) is 30.7 Å². The predicted molar refractivity (Wildman–Crippen MR) is 87.1 cm³/mol. The Labute approximate surface area is 139 Å². The quantitative estimate of drug-likeness (QED) is 0.837. The molecule has 0 unspecified atom stereocenters. The van der Waals surface area contributed by atoms with Crippen LogP contribution in [0.2, 0.25) is 4.34 Å². The normalized spacial score (nSPS) is 18.6. The molecule has 0 aliphatic carbocycles. The van der Waals surface area contributed by atoms with Crippen LogP contribution in [-0.2, 0) is 6.54 Å². The van der Waals surface area contributed by atoms with Crippen molar-refractivity contribution in [1.29, 1.82) is 0 Å². The number of benzene rings is 1. The number of rotatable bonds is 5. The highest BCUT2D eigenvalue weighted by Crippen LogP contribution is 2.33. The molecule has 118 valence electrons. The number of hydrogen-bond donors (Lipinski definition) is 0. The standard InChI is InChI=1S/C15H18ClN3O2S/c1-20-12-5-11(6-13(7-12)21-2)10-3-4-19(8-10)9-14-15(16)22-18-17-14/h5-7,10H,3-4,8-9H2,1-2H3/t10-/m1/s1. The molecule has 0 spiro atoms. The van der Waals surface area contributed by atoms with Gasteiger partial charge in [0.1, 0.15) is 21.5 Å². The predicted octanol–water partition coefficient (Wildman–Crippen LogP) is 3.20. The zero-order chi connectivity index (χ0) is 15.5. The van der Waals surface area contributed by atoms with E-state index in [1.807, 2.05) is 6.07 Å². The summed E-state index contributed by atoms with van der Waals surface area (Å²) in [5, 5.41) is 4.09. The van der Waals surface area contributed by atoms with Gasteiger partial charge in [0.05, 0.1) is 14.2 Å². The first-order valence-corrected chi connectivity index (χ1v) is 8.26. The molecule has 1 atom stereocenters. The van der Waals surface area contributed by atoms with Crippen LogP contribution in [0.1, 0.15) is 23.6 Å². The van der Waals surface area contributed by atoms with E-state index in [1.54, 1.807) is 14.2 Å². The van der Waals surface area contributed by atoms with Gasteiger partial charge in [-0.25, -0.2) is 0 Å². The zero-order valence-corrected chi connectivity index (χ0v) is 14.2. The Kier molecular flexibility index (Phi) is 4.81. The second-order valence-electron chi connectivity index (χ2n) is 5.36. The molecule has 1 aromatic carbocycles. The fraction of sp³-hybridized carbons (Fsp3) is 0.467. The van der Waals surface area contributed by atoms with Crippen LogP contribution in [0, 0.1) is 0 Å². The molecule has 1 aromatic heterocycles. The van der Waals surface area contributed by atoms with E-state index in [4.69, 9.17) is 21.1 Å². The fourth-order valence-electron chi connectivity index (χ4n) is 2.82. The molecule has 0 radical (unpaired) electrons. The second-order valence-corrected chi connectivity index (χ2v) is 6.72. The minimum absolute atomic E-state index is 0.467. The third-order valence-electron chi connectivity index (χ3n) is 4.00. The summed E-state index contributed by atoms with van der Waals surface area (Å²) in [6.45, 7) is 2.76. The van der Waals surface area contributed by atoms with Gasteiger partial charge >= 0.3 is 0 Å². The highest BCUT2D eigenvalue weighted by atomic mass is 35.5. The first-order chi connectivity index (χ1) is 10.7. The lowest BCUT2D eigenvalue weighted by atomic mass is 9.98. The summed E-state index contributed by atoms with van der Waals surface area (Å²) in [5.74, 6) is 2.13. The molecule has 2 aromatic rings. The maximum absolute atomic E-state index is 6.08. The summed E-state index contributed by atoms with van der Waals surface area (Å²) >= 11 is 7.32. The maximum Gasteiger partial charge on any atom is 0.138 e. The van der Waals surface area contributed by atoms with E-state index in [0.29, 0.717) is 10.3 Å². The summed E-state index contributed by atoms with van der Waals surface area (Å²) in [6, 6.07) is 6.08. The van der Waals surface area contributed by atoms with Gasteiger partial charge in [-0.2, -0.15) is 0 Å². The van der Waals surface area contributed by atoms with Crippen LogP contribution in [0.25, 0.3) is 0 Å². The van der Waals surface area contributed by atoms with Crippen molar-refractivity contribution in [3.05, 3.63) is 33.8 Å². The van der Waals surface area contributed by atoms with E-state index < -0.39 is 0 Å². The van der Waals surface area contributed by atoms with Crippen LogP contribution >= 0.6 is 23.1 Å². The number of likely N-dealkylation sites (tertiary alicyclic amines) is 1. The van der Waals surface area contributed by atoms with E-state index in [-0.39, 0.29) is 0 Å². The Morgan fingerprint density at radius 2 is 2.00 bits per heavy atom. The lowest BCUT2D eigenvalue weighted by Crippen LogP contribution is -2.20. The van der Waals surface area contributed by atoms with Crippen molar-refractivity contribution in [1.82, 2.24) is 14.5 Å². The molecule has 0 N–H and O–H groups in total. The van der Waals surface area contributed by atoms with Gasteiger partial charge in [0.15, 0.2) is 0 Å². The molecule has 3 rings (SSSR count). The van der Waals surface area contributed by atoms with Crippen molar-refractivity contribution < 1.29 is 9.47 Å². The second kappa shape index (κ2) is 6.81. The lowest BCUT2D eigenvalue weighted by molar-refractivity contribution is 0.322. The summed E-state index contributed by atoms with van der Waals surface area (Å²) < 4.78 is 15.3. The molecule has 1 saturated heterocycles. The Balaban J connectivity index is 1.71. The SMILES string of the molecule is COc1cc(OC)cc([C@@H]2CCN(Cc3nnsc3Cl)C2)c1. The highest BCUT2D eigenvalue weighted by molar-refractivity contribution is 7.10. The minimum Gasteiger partial charge on any atom is -0.497 e. The zero-order valence-electron chi connectivity index (χ0n) is 12.6. The molecule has 22 heavy (non-hydrogen) atoms. The Morgan fingerprint density at radius 3 is 2.59 bits per heavy atom. The Hall–Kier alpha value is -1.37. The average molecular weight is 340 g/mol. The Bertz CT molecular complexity index is 627. The third-order valence-corrected chi connectivity index (χ3v) is 4.98. The molecule has 1 fully saturated rings. The number of ether oxygens (including phenoxy) is 2. The van der Waals surface area contributed by atoms with Crippen LogP contribution < -0.4 is 9.47 Å². The number of hydrogen-bond acceptors (Lipinski definition) is 6. The van der Waals surface area contributed by atoms with Crippen molar-refractivity contribution in [2.24, 2.45) is 0 Å². The summed E-state index contributed by atoms with van der Waals surface area (Å²) in [6.07, 6.45) is 1.10. The molecular weight excluding hydrogens is 322 g/mol. The van der Waals surface area contributed by atoms with Crippen LogP contribution in [0.15, 0.2) is 18.2 Å². The molecule has 2 heterocycles. The first kappa shape index (κ1) is 15.5.